The minimum atomic E-state index is -0.151. The first-order chi connectivity index (χ1) is 8.16. The monoisotopic (exact) mass is 234 g/mol. The molecule has 0 aliphatic heterocycles. The number of nitrogens with one attached hydrogen (secondary N) is 1. The maximum Gasteiger partial charge on any atom is 0.271 e. The highest BCUT2D eigenvalue weighted by Gasteiger charge is 2.25. The molecule has 1 aliphatic rings. The molecule has 1 aliphatic carbocycles. The minimum Gasteiger partial charge on any atom is -0.349 e. The summed E-state index contributed by atoms with van der Waals surface area (Å²) in [5.41, 5.74) is 1.41. The lowest BCUT2D eigenvalue weighted by molar-refractivity contribution is 0.0945. The molecule has 1 aromatic heterocycles. The van der Waals surface area contributed by atoms with E-state index in [9.17, 15) is 4.79 Å². The summed E-state index contributed by atoms with van der Waals surface area (Å²) in [4.78, 5) is 13.7. The third-order valence-corrected chi connectivity index (χ3v) is 2.76. The van der Waals surface area contributed by atoms with E-state index in [4.69, 9.17) is 0 Å². The topological polar surface area (TPSA) is 58.1 Å². The fourth-order valence-electron chi connectivity index (χ4n) is 1.54. The van der Waals surface area contributed by atoms with Gasteiger partial charge in [-0.2, -0.15) is 5.10 Å². The Balaban J connectivity index is 1.85. The fraction of sp³-hybridized carbons (Fsp3) is 0.583. The van der Waals surface area contributed by atoms with E-state index in [0.717, 1.165) is 12.2 Å². The molecule has 0 radical (unpaired) electrons. The maximum absolute atomic E-state index is 11.7. The Morgan fingerprint density at radius 3 is 2.71 bits per heavy atom. The fourth-order valence-corrected chi connectivity index (χ4v) is 1.54. The molecule has 0 saturated heterocycles. The van der Waals surface area contributed by atoms with Crippen LogP contribution in [0.1, 0.15) is 34.9 Å². The molecule has 92 valence electrons. The highest BCUT2D eigenvalue weighted by molar-refractivity contribution is 5.91. The second-order valence-electron chi connectivity index (χ2n) is 4.68. The van der Waals surface area contributed by atoms with E-state index in [-0.39, 0.29) is 5.91 Å². The summed E-state index contributed by atoms with van der Waals surface area (Å²) in [7, 11) is 3.94. The van der Waals surface area contributed by atoms with E-state index in [0.29, 0.717) is 18.2 Å². The van der Waals surface area contributed by atoms with Crippen LogP contribution in [0.3, 0.4) is 0 Å². The average molecular weight is 234 g/mol. The molecular formula is C12H18N4O. The molecular weight excluding hydrogens is 216 g/mol. The van der Waals surface area contributed by atoms with Gasteiger partial charge in [-0.25, -0.2) is 0 Å². The highest BCUT2D eigenvalue weighted by atomic mass is 16.1. The Kier molecular flexibility index (Phi) is 3.68. The molecule has 2 rings (SSSR count). The second-order valence-corrected chi connectivity index (χ2v) is 4.68. The average Bonchev–Trinajstić information content (AvgIpc) is 3.12. The van der Waals surface area contributed by atoms with E-state index in [1.165, 1.54) is 12.8 Å². The second kappa shape index (κ2) is 5.23. The van der Waals surface area contributed by atoms with E-state index in [1.54, 1.807) is 6.07 Å². The third kappa shape index (κ3) is 3.49. The van der Waals surface area contributed by atoms with Gasteiger partial charge in [0.05, 0.1) is 5.69 Å². The summed E-state index contributed by atoms with van der Waals surface area (Å²) in [5, 5.41) is 10.9. The van der Waals surface area contributed by atoms with Gasteiger partial charge in [0.25, 0.3) is 5.91 Å². The van der Waals surface area contributed by atoms with Gasteiger partial charge < -0.3 is 10.2 Å². The van der Waals surface area contributed by atoms with E-state index in [2.05, 4.69) is 15.5 Å². The summed E-state index contributed by atoms with van der Waals surface area (Å²) in [5.74, 6) is 0.426. The quantitative estimate of drug-likeness (QED) is 0.812. The molecule has 5 heteroatoms. The van der Waals surface area contributed by atoms with Gasteiger partial charge >= 0.3 is 0 Å². The number of rotatable bonds is 5. The third-order valence-electron chi connectivity index (χ3n) is 2.76. The van der Waals surface area contributed by atoms with Crippen molar-refractivity contribution in [2.45, 2.75) is 18.8 Å². The molecule has 0 unspecified atom stereocenters. The molecule has 1 fully saturated rings. The van der Waals surface area contributed by atoms with Crippen molar-refractivity contribution in [3.8, 4) is 0 Å². The van der Waals surface area contributed by atoms with Crippen molar-refractivity contribution in [1.29, 1.82) is 0 Å². The molecule has 1 amide bonds. The molecule has 0 bridgehead atoms. The number of aromatic nitrogens is 2. The smallest absolute Gasteiger partial charge is 0.271 e. The summed E-state index contributed by atoms with van der Waals surface area (Å²) >= 11 is 0. The van der Waals surface area contributed by atoms with Crippen LogP contribution in [0.2, 0.25) is 0 Å². The molecule has 1 aromatic rings. The number of hydrogen-bond donors (Lipinski definition) is 1. The summed E-state index contributed by atoms with van der Waals surface area (Å²) in [6.45, 7) is 1.44. The zero-order valence-electron chi connectivity index (χ0n) is 10.3. The van der Waals surface area contributed by atoms with Crippen LogP contribution in [0.4, 0.5) is 0 Å². The van der Waals surface area contributed by atoms with Gasteiger partial charge in [0.1, 0.15) is 0 Å². The Morgan fingerprint density at radius 1 is 1.41 bits per heavy atom. The zero-order valence-corrected chi connectivity index (χ0v) is 10.3. The maximum atomic E-state index is 11.7. The van der Waals surface area contributed by atoms with E-state index in [1.807, 2.05) is 25.1 Å². The van der Waals surface area contributed by atoms with Crippen molar-refractivity contribution in [2.24, 2.45) is 0 Å². The number of likely N-dealkylation sites (N-methyl/N-ethyl adjacent to an activating group) is 1. The van der Waals surface area contributed by atoms with Crippen LogP contribution in [-0.2, 0) is 0 Å². The molecule has 5 nitrogen and oxygen atoms in total. The number of hydrogen-bond acceptors (Lipinski definition) is 4. The normalized spacial score (nSPS) is 15.0. The van der Waals surface area contributed by atoms with Gasteiger partial charge in [0, 0.05) is 19.0 Å². The Hall–Kier alpha value is -1.49. The largest absolute Gasteiger partial charge is 0.349 e. The van der Waals surface area contributed by atoms with Gasteiger partial charge in [0.15, 0.2) is 5.69 Å². The first-order valence-corrected chi connectivity index (χ1v) is 5.93. The van der Waals surface area contributed by atoms with Crippen molar-refractivity contribution < 1.29 is 4.79 Å². The summed E-state index contributed by atoms with van der Waals surface area (Å²) < 4.78 is 0. The number of amides is 1. The molecule has 1 N–H and O–H groups in total. The first-order valence-electron chi connectivity index (χ1n) is 5.93. The Morgan fingerprint density at radius 2 is 2.18 bits per heavy atom. The number of nitrogens with zero attached hydrogens (tertiary/aromatic N) is 3. The number of carbonyl (C=O) groups is 1. The van der Waals surface area contributed by atoms with Crippen LogP contribution >= 0.6 is 0 Å². The van der Waals surface area contributed by atoms with Crippen LogP contribution in [0, 0.1) is 0 Å². The van der Waals surface area contributed by atoms with Crippen LogP contribution < -0.4 is 5.32 Å². The van der Waals surface area contributed by atoms with E-state index < -0.39 is 0 Å². The van der Waals surface area contributed by atoms with Crippen molar-refractivity contribution in [3.63, 3.8) is 0 Å². The number of carbonyl (C=O) groups excluding carboxylic acids is 1. The molecule has 17 heavy (non-hydrogen) atoms. The van der Waals surface area contributed by atoms with E-state index >= 15 is 0 Å². The Bertz CT molecular complexity index is 384. The van der Waals surface area contributed by atoms with Gasteiger partial charge in [-0.15, -0.1) is 5.10 Å². The van der Waals surface area contributed by atoms with Gasteiger partial charge in [-0.05, 0) is 39.1 Å². The van der Waals surface area contributed by atoms with Crippen molar-refractivity contribution in [2.75, 3.05) is 27.2 Å². The predicted molar refractivity (Wildman–Crippen MR) is 64.9 cm³/mol. The van der Waals surface area contributed by atoms with Gasteiger partial charge in [0.2, 0.25) is 0 Å². The van der Waals surface area contributed by atoms with Crippen LogP contribution in [0.25, 0.3) is 0 Å². The molecule has 0 aromatic carbocycles. The lowest BCUT2D eigenvalue weighted by Gasteiger charge is -2.09. The van der Waals surface area contributed by atoms with Crippen molar-refractivity contribution in [3.05, 3.63) is 23.5 Å². The molecule has 1 saturated carbocycles. The predicted octanol–water partition coefficient (Wildman–Crippen LogP) is 0.645. The van der Waals surface area contributed by atoms with Crippen LogP contribution in [-0.4, -0.2) is 48.2 Å². The van der Waals surface area contributed by atoms with Gasteiger partial charge in [-0.3, -0.25) is 4.79 Å². The van der Waals surface area contributed by atoms with Crippen molar-refractivity contribution in [1.82, 2.24) is 20.4 Å². The first kappa shape index (κ1) is 12.0. The van der Waals surface area contributed by atoms with Gasteiger partial charge in [-0.1, -0.05) is 0 Å². The lowest BCUT2D eigenvalue weighted by atomic mass is 10.2. The van der Waals surface area contributed by atoms with Crippen LogP contribution in [0.15, 0.2) is 12.1 Å². The lowest BCUT2D eigenvalue weighted by Crippen LogP contribution is -2.31. The summed E-state index contributed by atoms with van der Waals surface area (Å²) in [6.07, 6.45) is 2.39. The summed E-state index contributed by atoms with van der Waals surface area (Å²) in [6, 6.07) is 3.66. The minimum absolute atomic E-state index is 0.151. The molecule has 1 heterocycles. The standard InChI is InChI=1S/C12H18N4O/c1-16(2)8-7-13-12(17)11-6-5-10(14-15-11)9-3-4-9/h5-6,9H,3-4,7-8H2,1-2H3,(H,13,17). The SMILES string of the molecule is CN(C)CCNC(=O)c1ccc(C2CC2)nn1. The highest BCUT2D eigenvalue weighted by Crippen LogP contribution is 2.38. The zero-order chi connectivity index (χ0) is 12.3. The van der Waals surface area contributed by atoms with Crippen molar-refractivity contribution >= 4 is 5.91 Å². The van der Waals surface area contributed by atoms with Crippen LogP contribution in [0.5, 0.6) is 0 Å². The molecule has 0 atom stereocenters. The molecule has 0 spiro atoms. The Labute approximate surface area is 101 Å².